The van der Waals surface area contributed by atoms with Crippen LogP contribution in [-0.4, -0.2) is 30.3 Å². The fourth-order valence-electron chi connectivity index (χ4n) is 2.28. The molecule has 27 heavy (non-hydrogen) atoms. The second-order valence-corrected chi connectivity index (χ2v) is 5.40. The quantitative estimate of drug-likeness (QED) is 0.399. The van der Waals surface area contributed by atoms with E-state index in [1.54, 1.807) is 0 Å². The Balaban J connectivity index is 2.11. The highest BCUT2D eigenvalue weighted by Gasteiger charge is 2.35. The normalized spacial score (nSPS) is 11.6. The molecular weight excluding hydrogens is 373 g/mol. The molecular formula is C15H9F3N4O5. The summed E-state index contributed by atoms with van der Waals surface area (Å²) in [5.41, 5.74) is -2.37. The summed E-state index contributed by atoms with van der Waals surface area (Å²) in [5.74, 6) is -2.70. The molecule has 3 aromatic rings. The van der Waals surface area contributed by atoms with Crippen molar-refractivity contribution in [3.05, 3.63) is 45.8 Å². The van der Waals surface area contributed by atoms with Crippen LogP contribution in [0.1, 0.15) is 11.3 Å². The van der Waals surface area contributed by atoms with Crippen LogP contribution in [-0.2, 0) is 6.18 Å². The Morgan fingerprint density at radius 3 is 2.44 bits per heavy atom. The number of aromatic hydroxyl groups is 2. The maximum Gasteiger partial charge on any atom is 0.417 e. The predicted octanol–water partition coefficient (Wildman–Crippen LogP) is 3.45. The monoisotopic (exact) mass is 382 g/mol. The average molecular weight is 382 g/mol. The van der Waals surface area contributed by atoms with Crippen molar-refractivity contribution >= 4 is 5.69 Å². The van der Waals surface area contributed by atoms with Gasteiger partial charge in [0.05, 0.1) is 16.1 Å². The van der Waals surface area contributed by atoms with Gasteiger partial charge in [0.15, 0.2) is 5.75 Å². The fraction of sp³-hybridized carbons (Fsp3) is 0.133. The summed E-state index contributed by atoms with van der Waals surface area (Å²) < 4.78 is 44.9. The van der Waals surface area contributed by atoms with Gasteiger partial charge in [-0.1, -0.05) is 0 Å². The molecule has 0 bridgehead atoms. The summed E-state index contributed by atoms with van der Waals surface area (Å²) in [4.78, 5) is 13.7. The van der Waals surface area contributed by atoms with E-state index in [9.17, 15) is 33.5 Å². The lowest BCUT2D eigenvalue weighted by Gasteiger charge is -2.10. The Morgan fingerprint density at radius 1 is 1.15 bits per heavy atom. The van der Waals surface area contributed by atoms with Crippen LogP contribution in [0.25, 0.3) is 22.9 Å². The zero-order chi connectivity index (χ0) is 19.9. The predicted molar refractivity (Wildman–Crippen MR) is 82.7 cm³/mol. The van der Waals surface area contributed by atoms with E-state index in [1.807, 2.05) is 0 Å². The third-order valence-electron chi connectivity index (χ3n) is 3.51. The molecule has 3 rings (SSSR count). The van der Waals surface area contributed by atoms with Gasteiger partial charge in [-0.05, 0) is 19.1 Å². The second kappa shape index (κ2) is 6.23. The number of phenolic OH excluding ortho intramolecular Hbond substituents is 2. The van der Waals surface area contributed by atoms with Crippen LogP contribution in [0, 0.1) is 17.0 Å². The van der Waals surface area contributed by atoms with Crippen molar-refractivity contribution in [1.29, 1.82) is 0 Å². The van der Waals surface area contributed by atoms with Crippen LogP contribution < -0.4 is 0 Å². The van der Waals surface area contributed by atoms with E-state index < -0.39 is 51.2 Å². The van der Waals surface area contributed by atoms with Gasteiger partial charge < -0.3 is 14.6 Å². The van der Waals surface area contributed by atoms with Gasteiger partial charge in [0.1, 0.15) is 0 Å². The summed E-state index contributed by atoms with van der Waals surface area (Å²) in [6.07, 6.45) is -3.78. The molecule has 0 amide bonds. The molecule has 0 unspecified atom stereocenters. The molecule has 0 radical (unpaired) electrons. The molecule has 0 saturated carbocycles. The van der Waals surface area contributed by atoms with Crippen molar-refractivity contribution < 1.29 is 32.7 Å². The molecule has 0 aliphatic rings. The molecule has 0 aliphatic heterocycles. The first kappa shape index (κ1) is 18.1. The van der Waals surface area contributed by atoms with E-state index in [0.29, 0.717) is 0 Å². The van der Waals surface area contributed by atoms with E-state index in [1.165, 1.54) is 6.92 Å². The third-order valence-corrected chi connectivity index (χ3v) is 3.51. The average Bonchev–Trinajstić information content (AvgIpc) is 3.06. The molecule has 12 heteroatoms. The molecule has 1 aromatic carbocycles. The number of pyridine rings is 1. The zero-order valence-corrected chi connectivity index (χ0v) is 13.4. The lowest BCUT2D eigenvalue weighted by Crippen LogP contribution is -2.08. The first-order valence-corrected chi connectivity index (χ1v) is 7.16. The largest absolute Gasteiger partial charge is 0.504 e. The standard InChI is InChI=1S/C15H9F3N4O5/c1-6-2-9(15(16,17)18)8(5-19-6)14-21-20-13(27-14)7-3-10(22(25)26)12(24)11(23)4-7/h2-5,23-24H,1H3. The highest BCUT2D eigenvalue weighted by Crippen LogP contribution is 2.40. The number of nitrogens with zero attached hydrogens (tertiary/aromatic N) is 4. The summed E-state index contributed by atoms with van der Waals surface area (Å²) in [5, 5.41) is 37.1. The molecule has 0 fully saturated rings. The van der Waals surface area contributed by atoms with Crippen molar-refractivity contribution in [3.63, 3.8) is 0 Å². The summed E-state index contributed by atoms with van der Waals surface area (Å²) >= 11 is 0. The van der Waals surface area contributed by atoms with Crippen LogP contribution in [0.15, 0.2) is 28.8 Å². The number of nitro groups is 1. The van der Waals surface area contributed by atoms with E-state index in [4.69, 9.17) is 4.42 Å². The Bertz CT molecular complexity index is 1050. The zero-order valence-electron chi connectivity index (χ0n) is 13.4. The van der Waals surface area contributed by atoms with Crippen molar-refractivity contribution in [2.45, 2.75) is 13.1 Å². The Labute approximate surface area is 147 Å². The number of aryl methyl sites for hydroxylation is 1. The Kier molecular flexibility index (Phi) is 4.18. The van der Waals surface area contributed by atoms with Gasteiger partial charge in [-0.2, -0.15) is 13.2 Å². The van der Waals surface area contributed by atoms with E-state index in [0.717, 1.165) is 24.4 Å². The molecule has 2 heterocycles. The van der Waals surface area contributed by atoms with Crippen molar-refractivity contribution in [2.24, 2.45) is 0 Å². The number of nitro benzene ring substituents is 1. The van der Waals surface area contributed by atoms with E-state index in [-0.39, 0.29) is 11.3 Å². The summed E-state index contributed by atoms with van der Waals surface area (Å²) in [6.45, 7) is 1.39. The minimum atomic E-state index is -4.70. The second-order valence-electron chi connectivity index (χ2n) is 5.40. The maximum absolute atomic E-state index is 13.2. The van der Waals surface area contributed by atoms with Crippen LogP contribution in [0.2, 0.25) is 0 Å². The van der Waals surface area contributed by atoms with Crippen molar-refractivity contribution in [3.8, 4) is 34.4 Å². The van der Waals surface area contributed by atoms with Gasteiger partial charge in [0, 0.05) is 23.5 Å². The first-order valence-electron chi connectivity index (χ1n) is 7.16. The minimum absolute atomic E-state index is 0.130. The highest BCUT2D eigenvalue weighted by molar-refractivity contribution is 5.68. The van der Waals surface area contributed by atoms with Crippen molar-refractivity contribution in [2.75, 3.05) is 0 Å². The maximum atomic E-state index is 13.2. The number of aromatic nitrogens is 3. The van der Waals surface area contributed by atoms with Gasteiger partial charge in [0.25, 0.3) is 0 Å². The number of alkyl halides is 3. The molecule has 0 aliphatic carbocycles. The molecule has 0 atom stereocenters. The lowest BCUT2D eigenvalue weighted by molar-refractivity contribution is -0.385. The van der Waals surface area contributed by atoms with Crippen LogP contribution >= 0.6 is 0 Å². The number of hydrogen-bond acceptors (Lipinski definition) is 8. The number of benzene rings is 1. The van der Waals surface area contributed by atoms with Crippen molar-refractivity contribution in [1.82, 2.24) is 15.2 Å². The topological polar surface area (TPSA) is 135 Å². The van der Waals surface area contributed by atoms with Gasteiger partial charge in [0.2, 0.25) is 17.5 Å². The first-order chi connectivity index (χ1) is 12.6. The van der Waals surface area contributed by atoms with Gasteiger partial charge in [-0.15, -0.1) is 10.2 Å². The molecule has 140 valence electrons. The summed E-state index contributed by atoms with van der Waals surface area (Å²) in [6, 6.07) is 2.55. The Morgan fingerprint density at radius 2 is 1.81 bits per heavy atom. The van der Waals surface area contributed by atoms with Gasteiger partial charge in [-0.3, -0.25) is 15.1 Å². The van der Waals surface area contributed by atoms with E-state index in [2.05, 4.69) is 15.2 Å². The van der Waals surface area contributed by atoms with Crippen LogP contribution in [0.4, 0.5) is 18.9 Å². The molecule has 0 saturated heterocycles. The minimum Gasteiger partial charge on any atom is -0.504 e. The smallest absolute Gasteiger partial charge is 0.417 e. The third kappa shape index (κ3) is 3.36. The Hall–Kier alpha value is -3.70. The number of rotatable bonds is 3. The van der Waals surface area contributed by atoms with Gasteiger partial charge >= 0.3 is 11.9 Å². The molecule has 9 nitrogen and oxygen atoms in total. The lowest BCUT2D eigenvalue weighted by atomic mass is 10.1. The SMILES string of the molecule is Cc1cc(C(F)(F)F)c(-c2nnc(-c3cc(O)c(O)c([N+](=O)[O-])c3)o2)cn1. The molecule has 2 N–H and O–H groups in total. The van der Waals surface area contributed by atoms with Gasteiger partial charge in [-0.25, -0.2) is 0 Å². The molecule has 2 aromatic heterocycles. The summed E-state index contributed by atoms with van der Waals surface area (Å²) in [7, 11) is 0. The molecule has 0 spiro atoms. The van der Waals surface area contributed by atoms with Crippen LogP contribution in [0.5, 0.6) is 11.5 Å². The van der Waals surface area contributed by atoms with Crippen LogP contribution in [0.3, 0.4) is 0 Å². The highest BCUT2D eigenvalue weighted by atomic mass is 19.4. The number of halogens is 3. The van der Waals surface area contributed by atoms with E-state index >= 15 is 0 Å². The fourth-order valence-corrected chi connectivity index (χ4v) is 2.28. The number of hydrogen-bond donors (Lipinski definition) is 2. The number of phenols is 2.